The summed E-state index contributed by atoms with van der Waals surface area (Å²) in [5.41, 5.74) is 7.15. The maximum Gasteiger partial charge on any atom is 0.305 e. The maximum absolute atomic E-state index is 11.9. The van der Waals surface area contributed by atoms with Gasteiger partial charge in [0.05, 0.1) is 24.9 Å². The molecule has 3 aromatic rings. The molecule has 1 aromatic heterocycles. The molecule has 0 radical (unpaired) electrons. The van der Waals surface area contributed by atoms with Gasteiger partial charge in [-0.25, -0.2) is 0 Å². The molecule has 4 rings (SSSR count). The van der Waals surface area contributed by atoms with Gasteiger partial charge < -0.3 is 13.9 Å². The second-order valence-electron chi connectivity index (χ2n) is 11.7. The number of ether oxygens (including phenoxy) is 2. The number of hydroxylamine groups is 1. The molecular weight excluding hydrogens is 508 g/mol. The fraction of sp³-hybridized carbons (Fsp3) is 0.419. The monoisotopic (exact) mass is 548 g/mol. The molecule has 0 spiro atoms. The van der Waals surface area contributed by atoms with Gasteiger partial charge in [0.1, 0.15) is 18.0 Å². The first kappa shape index (κ1) is 28.8. The Bertz CT molecular complexity index is 1350. The molecule has 0 saturated heterocycles. The molecule has 1 atom stereocenters. The molecule has 8 heteroatoms. The van der Waals surface area contributed by atoms with Crippen molar-refractivity contribution in [2.75, 3.05) is 13.7 Å². The predicted octanol–water partition coefficient (Wildman–Crippen LogP) is 6.71. The Morgan fingerprint density at radius 2 is 1.82 bits per heavy atom. The van der Waals surface area contributed by atoms with Crippen LogP contribution in [0.15, 0.2) is 60.7 Å². The third-order valence-corrected chi connectivity index (χ3v) is 12.2. The van der Waals surface area contributed by atoms with Gasteiger partial charge in [-0.1, -0.05) is 39.0 Å². The third kappa shape index (κ3) is 6.87. The first-order chi connectivity index (χ1) is 18.4. The van der Waals surface area contributed by atoms with Crippen LogP contribution in [-0.2, 0) is 25.4 Å². The summed E-state index contributed by atoms with van der Waals surface area (Å²) in [6.45, 7) is 13.8. The molecule has 39 heavy (non-hydrogen) atoms. The summed E-state index contributed by atoms with van der Waals surface area (Å²) in [6.07, 6.45) is 2.72. The second-order valence-corrected chi connectivity index (χ2v) is 16.5. The van der Waals surface area contributed by atoms with Crippen LogP contribution in [-0.4, -0.2) is 38.6 Å². The Morgan fingerprint density at radius 1 is 1.10 bits per heavy atom. The number of carbonyl (C=O) groups is 1. The van der Waals surface area contributed by atoms with E-state index in [0.29, 0.717) is 19.6 Å². The minimum atomic E-state index is -2.02. The van der Waals surface area contributed by atoms with E-state index in [4.69, 9.17) is 18.7 Å². The van der Waals surface area contributed by atoms with Crippen molar-refractivity contribution in [3.05, 3.63) is 77.5 Å². The maximum atomic E-state index is 11.9. The number of nitrogens with zero attached hydrogens (tertiary/aromatic N) is 1. The number of hydrogen-bond acceptors (Lipinski definition) is 7. The number of carbonyl (C=O) groups excluding carboxylic acids is 1. The minimum Gasteiger partial charge on any atom is -0.489 e. The summed E-state index contributed by atoms with van der Waals surface area (Å²) in [5.74, 6) is 0.501. The van der Waals surface area contributed by atoms with Crippen molar-refractivity contribution in [1.82, 2.24) is 10.5 Å². The van der Waals surface area contributed by atoms with E-state index >= 15 is 0 Å². The van der Waals surface area contributed by atoms with E-state index in [1.54, 1.807) is 0 Å². The highest BCUT2D eigenvalue weighted by Crippen LogP contribution is 2.39. The zero-order valence-corrected chi connectivity index (χ0v) is 25.1. The van der Waals surface area contributed by atoms with Crippen LogP contribution >= 0.6 is 0 Å². The summed E-state index contributed by atoms with van der Waals surface area (Å²) in [4.78, 5) is 22.7. The van der Waals surface area contributed by atoms with Crippen LogP contribution < -0.4 is 10.2 Å². The summed E-state index contributed by atoms with van der Waals surface area (Å²) in [6, 6.07) is 18.1. The molecule has 208 valence electrons. The highest BCUT2D eigenvalue weighted by atomic mass is 28.4. The largest absolute Gasteiger partial charge is 0.489 e. The van der Waals surface area contributed by atoms with Gasteiger partial charge in [0, 0.05) is 23.1 Å². The zero-order valence-electron chi connectivity index (χ0n) is 24.1. The number of esters is 1. The van der Waals surface area contributed by atoms with E-state index in [1.807, 2.05) is 55.5 Å². The van der Waals surface area contributed by atoms with E-state index in [1.165, 1.54) is 7.11 Å². The lowest BCUT2D eigenvalue weighted by Crippen LogP contribution is -2.46. The number of aryl methyl sites for hydroxylation is 1. The van der Waals surface area contributed by atoms with Crippen molar-refractivity contribution in [2.45, 2.75) is 70.9 Å². The van der Waals surface area contributed by atoms with Crippen LogP contribution in [0.5, 0.6) is 5.75 Å². The van der Waals surface area contributed by atoms with Gasteiger partial charge in [-0.05, 0) is 79.5 Å². The topological polar surface area (TPSA) is 78.9 Å². The Labute approximate surface area is 232 Å². The standard InChI is InChI=1S/C31H40N2O5Si/c1-22-18-24(26-10-8-9-11-27(26)32-22)20-36-25-14-12-23(13-15-25)28-19-31(38-33-28,17-16-29(34)35-5)21-37-39(6,7)30(2,3)4/h8-15,18-19,33H,16-17,20-21H2,1-7H3. The highest BCUT2D eigenvalue weighted by molar-refractivity contribution is 6.74. The van der Waals surface area contributed by atoms with Crippen LogP contribution in [0.25, 0.3) is 16.6 Å². The normalized spacial score (nSPS) is 17.6. The molecule has 0 saturated carbocycles. The van der Waals surface area contributed by atoms with E-state index < -0.39 is 13.9 Å². The number of methoxy groups -OCH3 is 1. The van der Waals surface area contributed by atoms with Gasteiger partial charge >= 0.3 is 5.97 Å². The molecule has 0 aliphatic carbocycles. The first-order valence-electron chi connectivity index (χ1n) is 13.4. The molecule has 1 N–H and O–H groups in total. The van der Waals surface area contributed by atoms with Gasteiger partial charge in [0.2, 0.25) is 0 Å². The van der Waals surface area contributed by atoms with Crippen molar-refractivity contribution < 1.29 is 23.5 Å². The van der Waals surface area contributed by atoms with Crippen LogP contribution in [0, 0.1) is 6.92 Å². The summed E-state index contributed by atoms with van der Waals surface area (Å²) in [5, 5.41) is 1.16. The minimum absolute atomic E-state index is 0.0617. The number of fused-ring (bicyclic) bond motifs is 1. The Balaban J connectivity index is 1.48. The molecule has 1 unspecified atom stereocenters. The average Bonchev–Trinajstić information content (AvgIpc) is 3.33. The van der Waals surface area contributed by atoms with E-state index in [9.17, 15) is 4.79 Å². The number of hydrogen-bond donors (Lipinski definition) is 1. The van der Waals surface area contributed by atoms with Gasteiger partial charge in [0.25, 0.3) is 0 Å². The van der Waals surface area contributed by atoms with Crippen molar-refractivity contribution in [3.63, 3.8) is 0 Å². The van der Waals surface area contributed by atoms with Gasteiger partial charge in [-0.2, -0.15) is 0 Å². The van der Waals surface area contributed by atoms with Crippen LogP contribution in [0.4, 0.5) is 0 Å². The summed E-state index contributed by atoms with van der Waals surface area (Å²) < 4.78 is 17.5. The van der Waals surface area contributed by atoms with E-state index in [-0.39, 0.29) is 17.4 Å². The lowest BCUT2D eigenvalue weighted by Gasteiger charge is -2.38. The first-order valence-corrected chi connectivity index (χ1v) is 16.3. The van der Waals surface area contributed by atoms with Crippen molar-refractivity contribution in [2.24, 2.45) is 0 Å². The van der Waals surface area contributed by atoms with Crippen LogP contribution in [0.3, 0.4) is 0 Å². The molecule has 2 aromatic carbocycles. The van der Waals surface area contributed by atoms with Gasteiger partial charge in [-0.15, -0.1) is 0 Å². The van der Waals surface area contributed by atoms with Crippen molar-refractivity contribution in [1.29, 1.82) is 0 Å². The van der Waals surface area contributed by atoms with Crippen molar-refractivity contribution >= 4 is 30.9 Å². The Kier molecular flexibility index (Phi) is 8.49. The molecule has 0 fully saturated rings. The molecule has 0 amide bonds. The number of benzene rings is 2. The van der Waals surface area contributed by atoms with Crippen molar-refractivity contribution in [3.8, 4) is 5.75 Å². The number of nitrogens with one attached hydrogen (secondary N) is 1. The second kappa shape index (κ2) is 11.5. The molecular formula is C31H40N2O5Si. The van der Waals surface area contributed by atoms with Gasteiger partial charge in [-0.3, -0.25) is 20.1 Å². The highest BCUT2D eigenvalue weighted by Gasteiger charge is 2.42. The SMILES string of the molecule is COC(=O)CCC1(CO[Si](C)(C)C(C)(C)C)C=C(c2ccc(OCc3cc(C)nc4ccccc34)cc2)NO1. The number of pyridine rings is 1. The molecule has 7 nitrogen and oxygen atoms in total. The number of rotatable bonds is 10. The number of para-hydroxylation sites is 1. The van der Waals surface area contributed by atoms with Crippen LogP contribution in [0.1, 0.15) is 50.4 Å². The fourth-order valence-electron chi connectivity index (χ4n) is 4.23. The Morgan fingerprint density at radius 3 is 2.51 bits per heavy atom. The molecule has 0 bridgehead atoms. The quantitative estimate of drug-likeness (QED) is 0.223. The van der Waals surface area contributed by atoms with Gasteiger partial charge in [0.15, 0.2) is 8.32 Å². The summed E-state index contributed by atoms with van der Waals surface area (Å²) in [7, 11) is -0.624. The van der Waals surface area contributed by atoms with E-state index in [2.05, 4.69) is 56.5 Å². The molecule has 1 aliphatic rings. The Hall–Kier alpha value is -3.20. The fourth-order valence-corrected chi connectivity index (χ4v) is 5.27. The lowest BCUT2D eigenvalue weighted by atomic mass is 9.96. The smallest absolute Gasteiger partial charge is 0.305 e. The zero-order chi connectivity index (χ0) is 28.3. The average molecular weight is 549 g/mol. The third-order valence-electron chi connectivity index (χ3n) is 7.72. The summed E-state index contributed by atoms with van der Waals surface area (Å²) >= 11 is 0. The van der Waals surface area contributed by atoms with E-state index in [0.717, 1.165) is 39.2 Å². The molecule has 2 heterocycles. The lowest BCUT2D eigenvalue weighted by molar-refractivity contribution is -0.143. The number of aromatic nitrogens is 1. The van der Waals surface area contributed by atoms with Crippen LogP contribution in [0.2, 0.25) is 18.1 Å². The molecule has 1 aliphatic heterocycles. The predicted molar refractivity (Wildman–Crippen MR) is 157 cm³/mol.